The van der Waals surface area contributed by atoms with Gasteiger partial charge < -0.3 is 20.2 Å². The molecule has 3 heterocycles. The topological polar surface area (TPSA) is 85.8 Å². The van der Waals surface area contributed by atoms with Crippen molar-refractivity contribution in [2.24, 2.45) is 0 Å². The smallest absolute Gasteiger partial charge is 0.270 e. The summed E-state index contributed by atoms with van der Waals surface area (Å²) in [6.45, 7) is 7.73. The molecule has 2 fully saturated rings. The van der Waals surface area contributed by atoms with Gasteiger partial charge in [-0.3, -0.25) is 9.59 Å². The van der Waals surface area contributed by atoms with E-state index in [1.165, 1.54) is 0 Å². The molecule has 2 aliphatic rings. The molecule has 1 aromatic rings. The van der Waals surface area contributed by atoms with E-state index >= 15 is 0 Å². The van der Waals surface area contributed by atoms with E-state index in [-0.39, 0.29) is 24.3 Å². The second-order valence-electron chi connectivity index (χ2n) is 8.27. The van der Waals surface area contributed by atoms with Gasteiger partial charge in [0, 0.05) is 44.0 Å². The first-order valence-corrected chi connectivity index (χ1v) is 10.8. The van der Waals surface area contributed by atoms with Gasteiger partial charge in [0.15, 0.2) is 0 Å². The molecule has 0 aliphatic carbocycles. The molecule has 0 unspecified atom stereocenters. The van der Waals surface area contributed by atoms with E-state index in [1.54, 1.807) is 25.3 Å². The van der Waals surface area contributed by atoms with Gasteiger partial charge in [0.2, 0.25) is 5.91 Å². The minimum atomic E-state index is -0.881. The van der Waals surface area contributed by atoms with Crippen LogP contribution in [0.3, 0.4) is 0 Å². The fourth-order valence-corrected chi connectivity index (χ4v) is 4.13. The molecule has 2 aliphatic heterocycles. The lowest BCUT2D eigenvalue weighted by atomic mass is 9.87. The van der Waals surface area contributed by atoms with E-state index in [9.17, 15) is 14.7 Å². The van der Waals surface area contributed by atoms with Crippen LogP contribution in [0.2, 0.25) is 0 Å². The number of carbonyl (C=O) groups excluding carboxylic acids is 2. The van der Waals surface area contributed by atoms with E-state index < -0.39 is 5.60 Å². The Hall–Kier alpha value is -2.43. The maximum absolute atomic E-state index is 12.7. The molecule has 2 N–H and O–H groups in total. The number of hydrogen-bond acceptors (Lipinski definition) is 5. The van der Waals surface area contributed by atoms with Crippen molar-refractivity contribution < 1.29 is 14.7 Å². The van der Waals surface area contributed by atoms with Crippen molar-refractivity contribution in [1.29, 1.82) is 0 Å². The second-order valence-corrected chi connectivity index (χ2v) is 8.27. The van der Waals surface area contributed by atoms with E-state index in [2.05, 4.69) is 34.0 Å². The minimum Gasteiger partial charge on any atom is -0.389 e. The molecule has 0 atom stereocenters. The van der Waals surface area contributed by atoms with Crippen molar-refractivity contribution in [2.75, 3.05) is 32.7 Å². The summed E-state index contributed by atoms with van der Waals surface area (Å²) >= 11 is 0. The number of piperidine rings is 2. The van der Waals surface area contributed by atoms with E-state index in [0.717, 1.165) is 25.2 Å². The Morgan fingerprint density at radius 3 is 2.50 bits per heavy atom. The molecule has 162 valence electrons. The summed E-state index contributed by atoms with van der Waals surface area (Å²) in [5, 5.41) is 13.8. The second kappa shape index (κ2) is 10.1. The quantitative estimate of drug-likeness (QED) is 0.715. The van der Waals surface area contributed by atoms with E-state index in [4.69, 9.17) is 0 Å². The highest BCUT2D eigenvalue weighted by Gasteiger charge is 2.36. The molecule has 0 saturated carbocycles. The highest BCUT2D eigenvalue weighted by atomic mass is 16.3. The molecule has 1 aromatic heterocycles. The number of nitrogens with one attached hydrogen (secondary N) is 1. The Bertz CT molecular complexity index is 796. The molecule has 0 bridgehead atoms. The van der Waals surface area contributed by atoms with Crippen LogP contribution < -0.4 is 5.32 Å². The Kier molecular flexibility index (Phi) is 7.46. The number of pyridine rings is 1. The maximum Gasteiger partial charge on any atom is 0.270 e. The van der Waals surface area contributed by atoms with Crippen LogP contribution in [0.5, 0.6) is 0 Å². The van der Waals surface area contributed by atoms with Crippen LogP contribution >= 0.6 is 0 Å². The number of amides is 2. The Balaban J connectivity index is 1.44. The highest BCUT2D eigenvalue weighted by molar-refractivity contribution is 5.92. The average molecular weight is 413 g/mol. The highest BCUT2D eigenvalue weighted by Crippen LogP contribution is 2.27. The predicted octanol–water partition coefficient (Wildman–Crippen LogP) is 1.41. The molecule has 3 rings (SSSR count). The third kappa shape index (κ3) is 5.80. The van der Waals surface area contributed by atoms with Crippen molar-refractivity contribution >= 4 is 11.8 Å². The number of nitrogens with zero attached hydrogens (tertiary/aromatic N) is 3. The number of aromatic nitrogens is 1. The van der Waals surface area contributed by atoms with Crippen LogP contribution in [0.1, 0.15) is 62.0 Å². The fourth-order valence-electron chi connectivity index (χ4n) is 4.13. The Labute approximate surface area is 178 Å². The van der Waals surface area contributed by atoms with Gasteiger partial charge in [-0.2, -0.15) is 0 Å². The number of carbonyl (C=O) groups is 2. The normalized spacial score (nSPS) is 19.6. The molecular formula is C23H32N4O3. The predicted molar refractivity (Wildman–Crippen MR) is 115 cm³/mol. The standard InChI is InChI=1S/C23H32N4O3/c1-3-5-18-6-7-20(24-17-18)22(29)25-19-8-12-27(13-9-19)21(28)16-23(30)10-14-26(4-2)15-11-23/h6-7,17,19,30H,4,8-16H2,1-2H3,(H,25,29). The lowest BCUT2D eigenvalue weighted by Crippen LogP contribution is -2.50. The van der Waals surface area contributed by atoms with Gasteiger partial charge in [0.25, 0.3) is 5.91 Å². The monoisotopic (exact) mass is 412 g/mol. The van der Waals surface area contributed by atoms with Crippen LogP contribution in [0.25, 0.3) is 0 Å². The zero-order valence-electron chi connectivity index (χ0n) is 18.0. The number of likely N-dealkylation sites (tertiary alicyclic amines) is 2. The van der Waals surface area contributed by atoms with Gasteiger partial charge in [-0.15, -0.1) is 5.92 Å². The first kappa shape index (κ1) is 22.3. The van der Waals surface area contributed by atoms with Crippen molar-refractivity contribution in [3.8, 4) is 11.8 Å². The summed E-state index contributed by atoms with van der Waals surface area (Å²) in [7, 11) is 0. The molecule has 0 aromatic carbocycles. The molecular weight excluding hydrogens is 380 g/mol. The van der Waals surface area contributed by atoms with Gasteiger partial charge >= 0.3 is 0 Å². The number of hydrogen-bond donors (Lipinski definition) is 2. The number of aliphatic hydroxyl groups is 1. The van der Waals surface area contributed by atoms with Crippen molar-refractivity contribution in [3.63, 3.8) is 0 Å². The first-order chi connectivity index (χ1) is 14.4. The molecule has 30 heavy (non-hydrogen) atoms. The van der Waals surface area contributed by atoms with Gasteiger partial charge in [-0.25, -0.2) is 4.98 Å². The van der Waals surface area contributed by atoms with Crippen molar-refractivity contribution in [1.82, 2.24) is 20.1 Å². The summed E-state index contributed by atoms with van der Waals surface area (Å²) in [6.07, 6.45) is 4.50. The first-order valence-electron chi connectivity index (χ1n) is 10.8. The number of rotatable bonds is 5. The SMILES string of the molecule is CC#Cc1ccc(C(=O)NC2CCN(C(=O)CC3(O)CCN(CC)CC3)CC2)nc1. The van der Waals surface area contributed by atoms with Crippen molar-refractivity contribution in [2.45, 2.75) is 57.6 Å². The van der Waals surface area contributed by atoms with Gasteiger partial charge in [-0.1, -0.05) is 12.8 Å². The summed E-state index contributed by atoms with van der Waals surface area (Å²) in [6, 6.07) is 3.49. The van der Waals surface area contributed by atoms with E-state index in [1.807, 2.05) is 4.90 Å². The van der Waals surface area contributed by atoms with Crippen LogP contribution in [0.15, 0.2) is 18.3 Å². The average Bonchev–Trinajstić information content (AvgIpc) is 2.75. The lowest BCUT2D eigenvalue weighted by molar-refractivity contribution is -0.139. The summed E-state index contributed by atoms with van der Waals surface area (Å²) in [5.41, 5.74) is 0.270. The van der Waals surface area contributed by atoms with Gasteiger partial charge in [-0.05, 0) is 51.3 Å². The molecule has 7 nitrogen and oxygen atoms in total. The lowest BCUT2D eigenvalue weighted by Gasteiger charge is -2.39. The molecule has 2 amide bonds. The summed E-state index contributed by atoms with van der Waals surface area (Å²) in [4.78, 5) is 33.4. The van der Waals surface area contributed by atoms with Crippen LogP contribution in [-0.4, -0.2) is 76.1 Å². The zero-order chi connectivity index (χ0) is 21.6. The zero-order valence-corrected chi connectivity index (χ0v) is 18.0. The summed E-state index contributed by atoms with van der Waals surface area (Å²) in [5.74, 6) is 5.52. The minimum absolute atomic E-state index is 0.0153. The van der Waals surface area contributed by atoms with Crippen LogP contribution in [0, 0.1) is 11.8 Å². The fraction of sp³-hybridized carbons (Fsp3) is 0.609. The van der Waals surface area contributed by atoms with Crippen LogP contribution in [0.4, 0.5) is 0 Å². The molecule has 0 spiro atoms. The van der Waals surface area contributed by atoms with Gasteiger partial charge in [0.1, 0.15) is 5.69 Å². The maximum atomic E-state index is 12.7. The van der Waals surface area contributed by atoms with Gasteiger partial charge in [0.05, 0.1) is 12.0 Å². The third-order valence-corrected chi connectivity index (χ3v) is 6.16. The third-order valence-electron chi connectivity index (χ3n) is 6.16. The summed E-state index contributed by atoms with van der Waals surface area (Å²) < 4.78 is 0. The van der Waals surface area contributed by atoms with E-state index in [0.29, 0.717) is 44.5 Å². The molecule has 0 radical (unpaired) electrons. The largest absolute Gasteiger partial charge is 0.389 e. The molecule has 7 heteroatoms. The van der Waals surface area contributed by atoms with Crippen LogP contribution in [-0.2, 0) is 4.79 Å². The molecule has 2 saturated heterocycles. The Morgan fingerprint density at radius 1 is 1.23 bits per heavy atom. The van der Waals surface area contributed by atoms with Crippen molar-refractivity contribution in [3.05, 3.63) is 29.6 Å². The Morgan fingerprint density at radius 2 is 1.93 bits per heavy atom.